The van der Waals surface area contributed by atoms with Crippen molar-refractivity contribution in [2.75, 3.05) is 13.2 Å². The van der Waals surface area contributed by atoms with Gasteiger partial charge in [-0.1, -0.05) is 26.0 Å². The summed E-state index contributed by atoms with van der Waals surface area (Å²) in [5.41, 5.74) is -1.05. The van der Waals surface area contributed by atoms with Crippen LogP contribution in [0.25, 0.3) is 0 Å². The lowest BCUT2D eigenvalue weighted by Crippen LogP contribution is -2.40. The Hall–Kier alpha value is -1.56. The molecular weight excluding hydrogens is 310 g/mol. The summed E-state index contributed by atoms with van der Waals surface area (Å²) < 4.78 is 15.6. The highest BCUT2D eigenvalue weighted by Crippen LogP contribution is 2.09. The minimum absolute atomic E-state index is 0.104. The summed E-state index contributed by atoms with van der Waals surface area (Å²) in [5.74, 6) is -0.206. The number of hydrogen-bond donors (Lipinski definition) is 1. The van der Waals surface area contributed by atoms with Crippen LogP contribution in [0, 0.1) is 5.92 Å². The third kappa shape index (κ3) is 12.9. The van der Waals surface area contributed by atoms with Crippen LogP contribution < -0.4 is 5.32 Å². The second kappa shape index (κ2) is 9.67. The molecule has 0 saturated heterocycles. The summed E-state index contributed by atoms with van der Waals surface area (Å²) in [4.78, 5) is 23.3. The van der Waals surface area contributed by atoms with Gasteiger partial charge in [0.25, 0.3) is 0 Å². The lowest BCUT2D eigenvalue weighted by Gasteiger charge is -2.24. The summed E-state index contributed by atoms with van der Waals surface area (Å²) in [6, 6.07) is -0.176. The average Bonchev–Trinajstić information content (AvgIpc) is 2.32. The first kappa shape index (κ1) is 22.4. The Labute approximate surface area is 145 Å². The van der Waals surface area contributed by atoms with Crippen molar-refractivity contribution < 1.29 is 23.8 Å². The van der Waals surface area contributed by atoms with Crippen molar-refractivity contribution in [3.05, 3.63) is 12.2 Å². The summed E-state index contributed by atoms with van der Waals surface area (Å²) in [7, 11) is 0. The first-order valence-electron chi connectivity index (χ1n) is 8.26. The van der Waals surface area contributed by atoms with Gasteiger partial charge in [-0.05, 0) is 47.5 Å². The van der Waals surface area contributed by atoms with Gasteiger partial charge in [-0.15, -0.1) is 0 Å². The zero-order valence-corrected chi connectivity index (χ0v) is 16.3. The lowest BCUT2D eigenvalue weighted by molar-refractivity contribution is -0.159. The zero-order chi connectivity index (χ0) is 19.0. The van der Waals surface area contributed by atoms with Gasteiger partial charge in [0.1, 0.15) is 17.8 Å². The van der Waals surface area contributed by atoms with Crippen molar-refractivity contribution in [3.8, 4) is 0 Å². The van der Waals surface area contributed by atoms with Gasteiger partial charge in [-0.25, -0.2) is 9.59 Å². The number of hydrogen-bond acceptors (Lipinski definition) is 5. The van der Waals surface area contributed by atoms with Crippen LogP contribution in [0.2, 0.25) is 0 Å². The zero-order valence-electron chi connectivity index (χ0n) is 16.3. The number of amides is 1. The molecule has 0 radical (unpaired) electrons. The van der Waals surface area contributed by atoms with Gasteiger partial charge in [0.05, 0.1) is 12.6 Å². The minimum Gasteiger partial charge on any atom is -0.458 e. The molecule has 0 aromatic carbocycles. The van der Waals surface area contributed by atoms with E-state index in [2.05, 4.69) is 5.32 Å². The van der Waals surface area contributed by atoms with Crippen LogP contribution in [-0.4, -0.2) is 42.5 Å². The summed E-state index contributed by atoms with van der Waals surface area (Å²) in [6.07, 6.45) is 3.15. The van der Waals surface area contributed by atoms with E-state index in [-0.39, 0.29) is 25.2 Å². The molecule has 1 amide bonds. The van der Waals surface area contributed by atoms with Crippen LogP contribution in [0.1, 0.15) is 55.4 Å². The van der Waals surface area contributed by atoms with E-state index in [0.29, 0.717) is 0 Å². The number of rotatable bonds is 7. The number of nitrogens with one attached hydrogen (secondary N) is 1. The maximum Gasteiger partial charge on any atom is 0.408 e. The Kier molecular flexibility index (Phi) is 9.04. The monoisotopic (exact) mass is 343 g/mol. The normalized spacial score (nSPS) is 13.9. The lowest BCUT2D eigenvalue weighted by atomic mass is 10.0. The third-order valence-corrected chi connectivity index (χ3v) is 2.60. The highest BCUT2D eigenvalue weighted by molar-refractivity contribution is 5.71. The number of alkyl carbamates (subject to hydrolysis) is 1. The molecule has 1 atom stereocenters. The van der Waals surface area contributed by atoms with Crippen LogP contribution >= 0.6 is 0 Å². The summed E-state index contributed by atoms with van der Waals surface area (Å²) >= 11 is 0. The molecular formula is C18H33NO5. The fourth-order valence-corrected chi connectivity index (χ4v) is 1.66. The molecule has 0 saturated carbocycles. The molecule has 1 N–H and O–H groups in total. The van der Waals surface area contributed by atoms with E-state index in [9.17, 15) is 9.59 Å². The summed E-state index contributed by atoms with van der Waals surface area (Å²) in [6.45, 7) is 15.0. The van der Waals surface area contributed by atoms with Crippen LogP contribution in [-0.2, 0) is 19.0 Å². The highest BCUT2D eigenvalue weighted by atomic mass is 16.6. The molecule has 6 heteroatoms. The second-order valence-electron chi connectivity index (χ2n) is 7.95. The fourth-order valence-electron chi connectivity index (χ4n) is 1.66. The molecule has 0 spiro atoms. The molecule has 0 aliphatic carbocycles. The topological polar surface area (TPSA) is 73.9 Å². The molecule has 0 rings (SSSR count). The first-order valence-corrected chi connectivity index (χ1v) is 8.26. The van der Waals surface area contributed by atoms with Crippen LogP contribution in [0.5, 0.6) is 0 Å². The first-order chi connectivity index (χ1) is 10.8. The number of carbonyl (C=O) groups excluding carboxylic acids is 2. The van der Waals surface area contributed by atoms with E-state index >= 15 is 0 Å². The van der Waals surface area contributed by atoms with Crippen molar-refractivity contribution in [3.63, 3.8) is 0 Å². The largest absolute Gasteiger partial charge is 0.458 e. The number of ether oxygens (including phenoxy) is 3. The Morgan fingerprint density at radius 3 is 2.00 bits per heavy atom. The average molecular weight is 343 g/mol. The van der Waals surface area contributed by atoms with Gasteiger partial charge >= 0.3 is 12.1 Å². The molecule has 140 valence electrons. The van der Waals surface area contributed by atoms with E-state index < -0.39 is 23.3 Å². The molecule has 0 bridgehead atoms. The van der Waals surface area contributed by atoms with E-state index in [4.69, 9.17) is 14.2 Å². The van der Waals surface area contributed by atoms with Crippen LogP contribution in [0.3, 0.4) is 0 Å². The van der Waals surface area contributed by atoms with E-state index in [0.717, 1.165) is 0 Å². The van der Waals surface area contributed by atoms with Gasteiger partial charge in [0.15, 0.2) is 0 Å². The highest BCUT2D eigenvalue weighted by Gasteiger charge is 2.20. The van der Waals surface area contributed by atoms with Crippen molar-refractivity contribution in [1.29, 1.82) is 0 Å². The Morgan fingerprint density at radius 2 is 1.54 bits per heavy atom. The predicted molar refractivity (Wildman–Crippen MR) is 93.8 cm³/mol. The standard InChI is InChI=1S/C18H33NO5/c1-13(2)14(19-16(21)24-18(6,7)8)10-9-11-22-12-15(20)23-17(3,4)5/h9-10,13-14H,11-12H2,1-8H3,(H,19,21)/b10-9+. The maximum atomic E-state index is 11.8. The second-order valence-corrected chi connectivity index (χ2v) is 7.95. The van der Waals surface area contributed by atoms with Gasteiger partial charge < -0.3 is 19.5 Å². The third-order valence-electron chi connectivity index (χ3n) is 2.60. The SMILES string of the molecule is CC(C)C(/C=C/COCC(=O)OC(C)(C)C)NC(=O)OC(C)(C)C. The molecule has 24 heavy (non-hydrogen) atoms. The number of esters is 1. The number of carbonyl (C=O) groups is 2. The van der Waals surface area contributed by atoms with Crippen LogP contribution in [0.15, 0.2) is 12.2 Å². The van der Waals surface area contributed by atoms with Crippen LogP contribution in [0.4, 0.5) is 4.79 Å². The predicted octanol–water partition coefficient (Wildman–Crippen LogP) is 3.45. The molecule has 0 aromatic heterocycles. The van der Waals surface area contributed by atoms with Gasteiger partial charge in [0.2, 0.25) is 0 Å². The van der Waals surface area contributed by atoms with Gasteiger partial charge in [-0.2, -0.15) is 0 Å². The molecule has 0 heterocycles. The fraction of sp³-hybridized carbons (Fsp3) is 0.778. The smallest absolute Gasteiger partial charge is 0.408 e. The van der Waals surface area contributed by atoms with E-state index in [1.165, 1.54) is 0 Å². The van der Waals surface area contributed by atoms with Gasteiger partial charge in [0, 0.05) is 0 Å². The van der Waals surface area contributed by atoms with E-state index in [1.807, 2.05) is 40.7 Å². The molecule has 0 aromatic rings. The van der Waals surface area contributed by atoms with Crippen molar-refractivity contribution in [1.82, 2.24) is 5.32 Å². The summed E-state index contributed by atoms with van der Waals surface area (Å²) in [5, 5.41) is 2.81. The molecule has 0 fully saturated rings. The molecule has 0 aliphatic rings. The van der Waals surface area contributed by atoms with Gasteiger partial charge in [-0.3, -0.25) is 0 Å². The van der Waals surface area contributed by atoms with E-state index in [1.54, 1.807) is 26.8 Å². The Bertz CT molecular complexity index is 430. The quantitative estimate of drug-likeness (QED) is 0.435. The molecule has 0 aliphatic heterocycles. The maximum absolute atomic E-state index is 11.8. The molecule has 6 nitrogen and oxygen atoms in total. The minimum atomic E-state index is -0.536. The van der Waals surface area contributed by atoms with Crippen molar-refractivity contribution in [2.24, 2.45) is 5.92 Å². The molecule has 1 unspecified atom stereocenters. The Balaban J connectivity index is 4.27. The Morgan fingerprint density at radius 1 is 1.00 bits per heavy atom. The van der Waals surface area contributed by atoms with Crippen molar-refractivity contribution in [2.45, 2.75) is 72.6 Å². The van der Waals surface area contributed by atoms with Crippen molar-refractivity contribution >= 4 is 12.1 Å².